The Morgan fingerprint density at radius 3 is 2.29 bits per heavy atom. The van der Waals surface area contributed by atoms with Gasteiger partial charge in [0.1, 0.15) is 6.61 Å². The summed E-state index contributed by atoms with van der Waals surface area (Å²) < 4.78 is 4.98. The smallest absolute Gasteiger partial charge is 0.435 e. The van der Waals surface area contributed by atoms with E-state index in [9.17, 15) is 19.2 Å². The predicted octanol–water partition coefficient (Wildman–Crippen LogP) is 1.92. The zero-order chi connectivity index (χ0) is 27.9. The summed E-state index contributed by atoms with van der Waals surface area (Å²) in [6, 6.07) is 16.1. The summed E-state index contributed by atoms with van der Waals surface area (Å²) in [5.74, 6) is -0.0441. The number of benzene rings is 2. The van der Waals surface area contributed by atoms with E-state index in [0.29, 0.717) is 18.5 Å². The van der Waals surface area contributed by atoms with Gasteiger partial charge in [0.05, 0.1) is 6.42 Å². The third-order valence-corrected chi connectivity index (χ3v) is 5.25. The monoisotopic (exact) mass is 526 g/mol. The van der Waals surface area contributed by atoms with Gasteiger partial charge in [-0.2, -0.15) is 0 Å². The number of nitrogens with one attached hydrogen (secondary N) is 1. The lowest BCUT2D eigenvalue weighted by atomic mass is 10.1. The minimum Gasteiger partial charge on any atom is -0.461 e. The number of nitrogens with zero attached hydrogens (tertiary/aromatic N) is 3. The second-order valence-corrected chi connectivity index (χ2v) is 8.53. The number of likely N-dealkylation sites (tertiary alicyclic amines) is 1. The number of nitrogens with two attached hydrogens (primary N) is 2. The van der Waals surface area contributed by atoms with Crippen molar-refractivity contribution in [3.63, 3.8) is 0 Å². The average Bonchev–Trinajstić information content (AvgIpc) is 3.31. The van der Waals surface area contributed by atoms with Crippen molar-refractivity contribution in [2.75, 3.05) is 27.2 Å². The highest BCUT2D eigenvalue weighted by Gasteiger charge is 2.19. The first-order valence-electron chi connectivity index (χ1n) is 12.0. The predicted molar refractivity (Wildman–Crippen MR) is 140 cm³/mol. The maximum Gasteiger partial charge on any atom is 0.435 e. The van der Waals surface area contributed by atoms with Gasteiger partial charge in [-0.3, -0.25) is 14.4 Å². The van der Waals surface area contributed by atoms with Gasteiger partial charge in [-0.1, -0.05) is 59.8 Å². The molecule has 0 radical (unpaired) electrons. The fraction of sp³-hybridized carbons (Fsp3) is 0.346. The number of hydrogen-bond acceptors (Lipinski definition) is 7. The second kappa shape index (κ2) is 15.5. The van der Waals surface area contributed by atoms with Gasteiger partial charge in [0.15, 0.2) is 5.84 Å². The van der Waals surface area contributed by atoms with Crippen LogP contribution in [0, 0.1) is 0 Å². The molecule has 0 bridgehead atoms. The van der Waals surface area contributed by atoms with E-state index in [2.05, 4.69) is 15.3 Å². The van der Waals surface area contributed by atoms with Gasteiger partial charge in [0.2, 0.25) is 5.91 Å². The normalized spacial score (nSPS) is 12.7. The molecule has 3 rings (SSSR count). The number of ether oxygens (including phenoxy) is 1. The fourth-order valence-corrected chi connectivity index (χ4v) is 3.19. The lowest BCUT2D eigenvalue weighted by molar-refractivity contribution is -0.144. The minimum atomic E-state index is -0.643. The quantitative estimate of drug-likeness (QED) is 0.147. The van der Waals surface area contributed by atoms with Gasteiger partial charge in [0, 0.05) is 45.7 Å². The Labute approximate surface area is 221 Å². The molecule has 38 heavy (non-hydrogen) atoms. The third kappa shape index (κ3) is 11.0. The first-order chi connectivity index (χ1) is 18.2. The van der Waals surface area contributed by atoms with Crippen LogP contribution >= 0.6 is 0 Å². The van der Waals surface area contributed by atoms with Crippen molar-refractivity contribution in [3.8, 4) is 0 Å². The van der Waals surface area contributed by atoms with Crippen LogP contribution in [0.1, 0.15) is 36.0 Å². The van der Waals surface area contributed by atoms with Crippen molar-refractivity contribution in [2.45, 2.75) is 32.4 Å². The number of hydrogen-bond donors (Lipinski definition) is 3. The number of esters is 1. The van der Waals surface area contributed by atoms with Crippen molar-refractivity contribution in [1.82, 2.24) is 15.1 Å². The van der Waals surface area contributed by atoms with Gasteiger partial charge in [-0.25, -0.2) is 9.59 Å². The summed E-state index contributed by atoms with van der Waals surface area (Å²) in [7, 11) is 3.12. The zero-order valence-electron chi connectivity index (χ0n) is 21.6. The van der Waals surface area contributed by atoms with E-state index in [1.807, 2.05) is 47.4 Å². The first kappa shape index (κ1) is 29.6. The Morgan fingerprint density at radius 2 is 1.71 bits per heavy atom. The molecule has 2 aromatic rings. The van der Waals surface area contributed by atoms with E-state index in [1.54, 1.807) is 26.2 Å². The van der Waals surface area contributed by atoms with Gasteiger partial charge in [0.25, 0.3) is 0 Å². The molecular formula is C26H34N6O6. The van der Waals surface area contributed by atoms with Crippen LogP contribution in [0.25, 0.3) is 0 Å². The lowest BCUT2D eigenvalue weighted by Crippen LogP contribution is -2.31. The SMILES string of the molecule is CN(C)C(=O)O/N=C(/N)c1ccc(CN2CCCC2=O)cc1.NC(=O)NCCC(=O)OCc1ccccc1. The lowest BCUT2D eigenvalue weighted by Gasteiger charge is -2.15. The van der Waals surface area contributed by atoms with Crippen LogP contribution in [0.15, 0.2) is 59.8 Å². The maximum absolute atomic E-state index is 11.6. The molecule has 0 unspecified atom stereocenters. The number of amidine groups is 1. The van der Waals surface area contributed by atoms with Gasteiger partial charge >= 0.3 is 18.1 Å². The van der Waals surface area contributed by atoms with Crippen LogP contribution in [0.4, 0.5) is 9.59 Å². The molecule has 5 N–H and O–H groups in total. The van der Waals surface area contributed by atoms with Crippen LogP contribution in [-0.4, -0.2) is 66.8 Å². The van der Waals surface area contributed by atoms with E-state index in [1.165, 1.54) is 4.90 Å². The van der Waals surface area contributed by atoms with E-state index >= 15 is 0 Å². The van der Waals surface area contributed by atoms with Crippen LogP contribution in [0.5, 0.6) is 0 Å². The standard InChI is InChI=1S/C15H20N4O3.C11H14N2O3/c1-18(2)15(21)22-17-14(16)12-7-5-11(6-8-12)10-19-9-3-4-13(19)20;12-11(15)13-7-6-10(14)16-8-9-4-2-1-3-5-9/h5-8H,3-4,9-10H2,1-2H3,(H2,16,17);1-5H,6-8H2,(H3,12,13,15). The van der Waals surface area contributed by atoms with Crippen LogP contribution in [0.3, 0.4) is 0 Å². The number of amides is 4. The van der Waals surface area contributed by atoms with Crippen LogP contribution < -0.4 is 16.8 Å². The average molecular weight is 527 g/mol. The summed E-state index contributed by atoms with van der Waals surface area (Å²) in [5, 5.41) is 5.91. The van der Waals surface area contributed by atoms with Gasteiger partial charge in [-0.15, -0.1) is 0 Å². The molecule has 1 fully saturated rings. The second-order valence-electron chi connectivity index (χ2n) is 8.53. The minimum absolute atomic E-state index is 0.121. The summed E-state index contributed by atoms with van der Waals surface area (Å²) in [5.41, 5.74) is 13.2. The summed E-state index contributed by atoms with van der Waals surface area (Å²) in [6.07, 6.45) is 1.09. The zero-order valence-corrected chi connectivity index (χ0v) is 21.6. The van der Waals surface area contributed by atoms with Crippen molar-refractivity contribution in [2.24, 2.45) is 16.6 Å². The molecule has 12 nitrogen and oxygen atoms in total. The Bertz CT molecular complexity index is 1100. The Kier molecular flexibility index (Phi) is 12.1. The molecule has 4 amide bonds. The fourth-order valence-electron chi connectivity index (χ4n) is 3.19. The number of primary amides is 1. The van der Waals surface area contributed by atoms with Crippen molar-refractivity contribution >= 4 is 29.8 Å². The molecule has 204 valence electrons. The topological polar surface area (TPSA) is 170 Å². The summed E-state index contributed by atoms with van der Waals surface area (Å²) in [4.78, 5) is 52.1. The molecule has 0 saturated carbocycles. The first-order valence-corrected chi connectivity index (χ1v) is 12.0. The molecule has 12 heteroatoms. The highest BCUT2D eigenvalue weighted by atomic mass is 16.7. The molecule has 1 heterocycles. The van der Waals surface area contributed by atoms with E-state index < -0.39 is 12.1 Å². The Hall–Kier alpha value is -4.61. The molecule has 0 atom stereocenters. The molecular weight excluding hydrogens is 492 g/mol. The molecule has 1 saturated heterocycles. The number of carbonyl (C=O) groups is 4. The number of oxime groups is 1. The summed E-state index contributed by atoms with van der Waals surface area (Å²) in [6.45, 7) is 1.86. The van der Waals surface area contributed by atoms with Crippen molar-refractivity contribution in [1.29, 1.82) is 0 Å². The van der Waals surface area contributed by atoms with E-state index in [4.69, 9.17) is 16.2 Å². The molecule has 0 spiro atoms. The highest BCUT2D eigenvalue weighted by molar-refractivity contribution is 5.97. The van der Waals surface area contributed by atoms with Crippen molar-refractivity contribution < 1.29 is 28.8 Å². The summed E-state index contributed by atoms with van der Waals surface area (Å²) >= 11 is 0. The van der Waals surface area contributed by atoms with E-state index in [0.717, 1.165) is 24.1 Å². The van der Waals surface area contributed by atoms with E-state index in [-0.39, 0.29) is 37.3 Å². The Balaban J connectivity index is 0.000000281. The van der Waals surface area contributed by atoms with Crippen LogP contribution in [-0.2, 0) is 32.3 Å². The molecule has 1 aliphatic rings. The largest absolute Gasteiger partial charge is 0.461 e. The van der Waals surface area contributed by atoms with Crippen molar-refractivity contribution in [3.05, 3.63) is 71.3 Å². The third-order valence-electron chi connectivity index (χ3n) is 5.25. The van der Waals surface area contributed by atoms with Gasteiger partial charge < -0.3 is 31.3 Å². The van der Waals surface area contributed by atoms with Crippen LogP contribution in [0.2, 0.25) is 0 Å². The number of rotatable bonds is 9. The number of carbonyl (C=O) groups excluding carboxylic acids is 4. The molecule has 0 aliphatic carbocycles. The highest BCUT2D eigenvalue weighted by Crippen LogP contribution is 2.14. The van der Waals surface area contributed by atoms with Gasteiger partial charge in [-0.05, 0) is 17.5 Å². The molecule has 0 aromatic heterocycles. The molecule has 2 aromatic carbocycles. The maximum atomic E-state index is 11.6. The molecule has 1 aliphatic heterocycles. The number of urea groups is 1. The Morgan fingerprint density at radius 1 is 1.03 bits per heavy atom.